The third-order valence-corrected chi connectivity index (χ3v) is 7.35. The van der Waals surface area contributed by atoms with E-state index in [4.69, 9.17) is 14.2 Å². The van der Waals surface area contributed by atoms with Crippen LogP contribution in [0, 0.1) is 12.8 Å². The number of hydrogen-bond acceptors (Lipinski definition) is 6. The molecule has 0 aromatic heterocycles. The summed E-state index contributed by atoms with van der Waals surface area (Å²) in [4.78, 5) is 13.1. The highest BCUT2D eigenvalue weighted by Gasteiger charge is 2.33. The van der Waals surface area contributed by atoms with E-state index in [1.165, 1.54) is 11.4 Å². The van der Waals surface area contributed by atoms with Crippen LogP contribution in [0.3, 0.4) is 0 Å². The summed E-state index contributed by atoms with van der Waals surface area (Å²) in [5, 5.41) is 2.87. The third kappa shape index (κ3) is 5.16. The van der Waals surface area contributed by atoms with Gasteiger partial charge in [-0.1, -0.05) is 0 Å². The lowest BCUT2D eigenvalue weighted by Crippen LogP contribution is -2.43. The van der Waals surface area contributed by atoms with E-state index in [2.05, 4.69) is 5.32 Å². The number of methoxy groups -OCH3 is 2. The molecule has 0 spiro atoms. The number of nitrogens with one attached hydrogen (secondary N) is 1. The fraction of sp³-hybridized carbons (Fsp3) is 0.435. The van der Waals surface area contributed by atoms with Gasteiger partial charge in [0.1, 0.15) is 5.75 Å². The van der Waals surface area contributed by atoms with Crippen molar-refractivity contribution < 1.29 is 27.4 Å². The lowest BCUT2D eigenvalue weighted by molar-refractivity contribution is -0.120. The summed E-state index contributed by atoms with van der Waals surface area (Å²) in [6.07, 6.45) is 1.23. The number of carbonyl (C=O) groups excluding carboxylic acids is 1. The summed E-state index contributed by atoms with van der Waals surface area (Å²) in [5.41, 5.74) is 1.32. The highest BCUT2D eigenvalue weighted by molar-refractivity contribution is 7.89. The maximum atomic E-state index is 13.2. The summed E-state index contributed by atoms with van der Waals surface area (Å²) >= 11 is 0. The number of ether oxygens (including phenoxy) is 3. The lowest BCUT2D eigenvalue weighted by atomic mass is 9.98. The molecule has 1 atom stereocenters. The molecular weight excluding hydrogens is 432 g/mol. The number of benzene rings is 2. The molecule has 1 saturated heterocycles. The molecule has 2 aromatic carbocycles. The summed E-state index contributed by atoms with van der Waals surface area (Å²) in [7, 11) is -0.649. The molecule has 8 nitrogen and oxygen atoms in total. The molecule has 1 aliphatic rings. The lowest BCUT2D eigenvalue weighted by Gasteiger charge is -2.31. The van der Waals surface area contributed by atoms with Crippen LogP contribution in [0.15, 0.2) is 41.3 Å². The zero-order valence-electron chi connectivity index (χ0n) is 18.9. The Morgan fingerprint density at radius 3 is 2.47 bits per heavy atom. The fourth-order valence-electron chi connectivity index (χ4n) is 3.78. The molecular formula is C23H30N2O6S. The summed E-state index contributed by atoms with van der Waals surface area (Å²) in [6, 6.07) is 9.96. The molecule has 0 aliphatic carbocycles. The zero-order chi connectivity index (χ0) is 23.3. The molecule has 1 aliphatic heterocycles. The van der Waals surface area contributed by atoms with Crippen molar-refractivity contribution in [3.63, 3.8) is 0 Å². The van der Waals surface area contributed by atoms with Gasteiger partial charge in [-0.25, -0.2) is 8.42 Å². The standard InChI is InChI=1S/C23H30N2O6S/c1-5-31-20-11-9-19(13-16(20)2)32(27,28)25-12-6-7-17(15-25)23(26)24-18-8-10-21(29-3)22(14-18)30-4/h8-11,13-14,17H,5-7,12,15H2,1-4H3,(H,24,26)/t17-/m1/s1. The third-order valence-electron chi connectivity index (χ3n) is 5.49. The minimum absolute atomic E-state index is 0.133. The van der Waals surface area contributed by atoms with Crippen molar-refractivity contribution in [2.45, 2.75) is 31.6 Å². The van der Waals surface area contributed by atoms with Crippen molar-refractivity contribution in [1.29, 1.82) is 0 Å². The number of amides is 1. The van der Waals surface area contributed by atoms with Gasteiger partial charge >= 0.3 is 0 Å². The van der Waals surface area contributed by atoms with Crippen LogP contribution in [0.1, 0.15) is 25.3 Å². The zero-order valence-corrected chi connectivity index (χ0v) is 19.7. The maximum Gasteiger partial charge on any atom is 0.243 e. The Morgan fingerprint density at radius 2 is 1.81 bits per heavy atom. The smallest absolute Gasteiger partial charge is 0.243 e. The quantitative estimate of drug-likeness (QED) is 0.646. The SMILES string of the molecule is CCOc1ccc(S(=O)(=O)N2CCC[C@@H](C(=O)Nc3ccc(OC)c(OC)c3)C2)cc1C. The van der Waals surface area contributed by atoms with Gasteiger partial charge in [-0.2, -0.15) is 4.31 Å². The van der Waals surface area contributed by atoms with Crippen molar-refractivity contribution in [2.24, 2.45) is 5.92 Å². The second-order valence-corrected chi connectivity index (χ2v) is 9.56. The second kappa shape index (κ2) is 10.2. The van der Waals surface area contributed by atoms with Crippen LogP contribution in [-0.2, 0) is 14.8 Å². The summed E-state index contributed by atoms with van der Waals surface area (Å²) in [6.45, 7) is 4.73. The molecule has 174 valence electrons. The Morgan fingerprint density at radius 1 is 1.09 bits per heavy atom. The van der Waals surface area contributed by atoms with E-state index in [-0.39, 0.29) is 17.3 Å². The van der Waals surface area contributed by atoms with Crippen molar-refractivity contribution in [1.82, 2.24) is 4.31 Å². The highest BCUT2D eigenvalue weighted by Crippen LogP contribution is 2.31. The Bertz CT molecular complexity index is 1070. The van der Waals surface area contributed by atoms with Gasteiger partial charge in [-0.15, -0.1) is 0 Å². The molecule has 1 heterocycles. The number of rotatable bonds is 8. The van der Waals surface area contributed by atoms with Crippen molar-refractivity contribution in [2.75, 3.05) is 39.2 Å². The molecule has 2 aromatic rings. The minimum Gasteiger partial charge on any atom is -0.494 e. The number of piperidine rings is 1. The Kier molecular flexibility index (Phi) is 7.63. The van der Waals surface area contributed by atoms with Crippen LogP contribution >= 0.6 is 0 Å². The van der Waals surface area contributed by atoms with Gasteiger partial charge in [0.25, 0.3) is 0 Å². The molecule has 1 fully saturated rings. The van der Waals surface area contributed by atoms with Gasteiger partial charge in [-0.3, -0.25) is 4.79 Å². The summed E-state index contributed by atoms with van der Waals surface area (Å²) < 4.78 is 43.8. The van der Waals surface area contributed by atoms with E-state index in [0.29, 0.717) is 48.9 Å². The average molecular weight is 463 g/mol. The second-order valence-electron chi connectivity index (χ2n) is 7.62. The first-order valence-corrected chi connectivity index (χ1v) is 12.0. The van der Waals surface area contributed by atoms with Crippen molar-refractivity contribution in [3.05, 3.63) is 42.0 Å². The van der Waals surface area contributed by atoms with Crippen molar-refractivity contribution >= 4 is 21.6 Å². The normalized spacial score (nSPS) is 16.9. The fourth-order valence-corrected chi connectivity index (χ4v) is 5.39. The number of sulfonamides is 1. The molecule has 1 amide bonds. The van der Waals surface area contributed by atoms with E-state index < -0.39 is 15.9 Å². The van der Waals surface area contributed by atoms with Gasteiger partial charge < -0.3 is 19.5 Å². The van der Waals surface area contributed by atoms with Gasteiger partial charge in [0.2, 0.25) is 15.9 Å². The van der Waals surface area contributed by atoms with E-state index in [0.717, 1.165) is 5.56 Å². The number of nitrogens with zero attached hydrogens (tertiary/aromatic N) is 1. The number of aryl methyl sites for hydroxylation is 1. The molecule has 0 bridgehead atoms. The Labute approximate surface area is 189 Å². The first kappa shape index (κ1) is 23.9. The maximum absolute atomic E-state index is 13.2. The predicted octanol–water partition coefficient (Wildman–Crippen LogP) is 3.45. The molecule has 9 heteroatoms. The van der Waals surface area contributed by atoms with Gasteiger partial charge in [0, 0.05) is 24.8 Å². The molecule has 0 saturated carbocycles. The topological polar surface area (TPSA) is 94.2 Å². The Hall–Kier alpha value is -2.78. The van der Waals surface area contributed by atoms with Crippen LogP contribution in [-0.4, -0.2) is 52.5 Å². The van der Waals surface area contributed by atoms with Crippen LogP contribution < -0.4 is 19.5 Å². The monoisotopic (exact) mass is 462 g/mol. The van der Waals surface area contributed by atoms with E-state index >= 15 is 0 Å². The highest BCUT2D eigenvalue weighted by atomic mass is 32.2. The van der Waals surface area contributed by atoms with Gasteiger partial charge in [0.15, 0.2) is 11.5 Å². The number of hydrogen-bond donors (Lipinski definition) is 1. The van der Waals surface area contributed by atoms with E-state index in [9.17, 15) is 13.2 Å². The van der Waals surface area contributed by atoms with Crippen LogP contribution in [0.5, 0.6) is 17.2 Å². The van der Waals surface area contributed by atoms with Gasteiger partial charge in [0.05, 0.1) is 31.6 Å². The number of carbonyl (C=O) groups is 1. The van der Waals surface area contributed by atoms with Crippen molar-refractivity contribution in [3.8, 4) is 17.2 Å². The molecule has 32 heavy (non-hydrogen) atoms. The predicted molar refractivity (Wildman–Crippen MR) is 122 cm³/mol. The molecule has 1 N–H and O–H groups in total. The molecule has 0 radical (unpaired) electrons. The minimum atomic E-state index is -3.71. The number of anilines is 1. The van der Waals surface area contributed by atoms with Crippen LogP contribution in [0.25, 0.3) is 0 Å². The summed E-state index contributed by atoms with van der Waals surface area (Å²) in [5.74, 6) is 1.06. The van der Waals surface area contributed by atoms with Crippen LogP contribution in [0.2, 0.25) is 0 Å². The van der Waals surface area contributed by atoms with Gasteiger partial charge in [-0.05, 0) is 62.6 Å². The Balaban J connectivity index is 1.73. The van der Waals surface area contributed by atoms with Crippen LogP contribution in [0.4, 0.5) is 5.69 Å². The molecule has 3 rings (SSSR count). The average Bonchev–Trinajstić information content (AvgIpc) is 2.80. The first-order chi connectivity index (χ1) is 15.3. The van der Waals surface area contributed by atoms with E-state index in [1.54, 1.807) is 43.5 Å². The van der Waals surface area contributed by atoms with E-state index in [1.807, 2.05) is 13.8 Å². The largest absolute Gasteiger partial charge is 0.494 e. The first-order valence-electron chi connectivity index (χ1n) is 10.6. The molecule has 0 unspecified atom stereocenters.